The van der Waals surface area contributed by atoms with Gasteiger partial charge in [0.15, 0.2) is 5.72 Å². The Morgan fingerprint density at radius 3 is 1.48 bits per heavy atom. The minimum Gasteiger partial charge on any atom is -0.501 e. The number of hydrogen-bond donors (Lipinski definition) is 1. The average molecular weight is 419 g/mol. The first-order valence-electron chi connectivity index (χ1n) is 10.6. The Labute approximate surface area is 187 Å². The maximum atomic E-state index is 6.22. The molecule has 0 spiro atoms. The predicted octanol–water partition coefficient (Wildman–Crippen LogP) is 5.27. The van der Waals surface area contributed by atoms with Gasteiger partial charge in [-0.2, -0.15) is 36.4 Å². The van der Waals surface area contributed by atoms with Gasteiger partial charge < -0.3 is 19.7 Å². The van der Waals surface area contributed by atoms with Crippen molar-refractivity contribution in [1.82, 2.24) is 0 Å². The summed E-state index contributed by atoms with van der Waals surface area (Å²) in [6.45, 7) is 10.6. The van der Waals surface area contributed by atoms with Crippen molar-refractivity contribution in [2.45, 2.75) is 40.3 Å². The Hall–Kier alpha value is -2.76. The molecule has 0 fully saturated rings. The molecule has 1 atom stereocenters. The number of quaternary nitrogens is 1. The predicted molar refractivity (Wildman–Crippen MR) is 126 cm³/mol. The Morgan fingerprint density at radius 1 is 0.742 bits per heavy atom. The molecule has 0 amide bonds. The molecule has 1 unspecified atom stereocenters. The lowest BCUT2D eigenvalue weighted by Crippen LogP contribution is -2.80. The van der Waals surface area contributed by atoms with Gasteiger partial charge in [0.05, 0.1) is 0 Å². The van der Waals surface area contributed by atoms with Gasteiger partial charge in [0.25, 0.3) is 0 Å². The molecule has 0 radical (unpaired) electrons. The summed E-state index contributed by atoms with van der Waals surface area (Å²) in [6, 6.07) is 31.5. The van der Waals surface area contributed by atoms with Crippen molar-refractivity contribution in [3.63, 3.8) is 0 Å². The van der Waals surface area contributed by atoms with Crippen molar-refractivity contribution in [1.29, 1.82) is 0 Å². The lowest BCUT2D eigenvalue weighted by atomic mass is 9.72. The molecule has 5 heteroatoms. The fourth-order valence-corrected chi connectivity index (χ4v) is 2.61. The van der Waals surface area contributed by atoms with Gasteiger partial charge in [-0.15, -0.1) is 0 Å². The van der Waals surface area contributed by atoms with Crippen molar-refractivity contribution in [3.8, 4) is 11.5 Å². The molecule has 0 heterocycles. The Balaban J connectivity index is 0.000000488. The van der Waals surface area contributed by atoms with Gasteiger partial charge in [0, 0.05) is 12.3 Å². The second-order valence-corrected chi connectivity index (χ2v) is 8.45. The summed E-state index contributed by atoms with van der Waals surface area (Å²) in [5.41, 5.74) is 3.43. The van der Waals surface area contributed by atoms with Crippen LogP contribution >= 0.6 is 0 Å². The van der Waals surface area contributed by atoms with Crippen molar-refractivity contribution >= 4 is 7.32 Å². The largest absolute Gasteiger partial charge is 0.792 e. The zero-order valence-electron chi connectivity index (χ0n) is 19.2. The van der Waals surface area contributed by atoms with E-state index in [9.17, 15) is 0 Å². The maximum absolute atomic E-state index is 6.22. The number of rotatable bonds is 8. The van der Waals surface area contributed by atoms with Gasteiger partial charge in [-0.3, -0.25) is 0 Å². The molecule has 31 heavy (non-hydrogen) atoms. The fraction of sp³-hybridized carbons (Fsp3) is 0.308. The first-order chi connectivity index (χ1) is 14.7. The second kappa shape index (κ2) is 11.6. The zero-order chi connectivity index (χ0) is 22.7. The number of para-hydroxylation sites is 2. The number of hydrogen-bond acceptors (Lipinski definition) is 3. The van der Waals surface area contributed by atoms with Crippen LogP contribution < -0.4 is 15.0 Å². The highest BCUT2D eigenvalue weighted by Crippen LogP contribution is 2.36. The smallest absolute Gasteiger partial charge is 0.501 e. The third kappa shape index (κ3) is 7.78. The summed E-state index contributed by atoms with van der Waals surface area (Å²) in [5, 5.41) is 0. The zero-order valence-corrected chi connectivity index (χ0v) is 19.2. The molecule has 0 aliphatic rings. The van der Waals surface area contributed by atoms with Crippen LogP contribution in [0.1, 0.15) is 34.6 Å². The highest BCUT2D eigenvalue weighted by molar-refractivity contribution is 6.38. The summed E-state index contributed by atoms with van der Waals surface area (Å²) >= 11 is 0. The van der Waals surface area contributed by atoms with E-state index in [0.29, 0.717) is 17.4 Å². The molecule has 3 N–H and O–H groups in total. The van der Waals surface area contributed by atoms with E-state index in [1.807, 2.05) is 97.9 Å². The van der Waals surface area contributed by atoms with Crippen LogP contribution in [0.2, 0.25) is 0 Å². The van der Waals surface area contributed by atoms with Crippen molar-refractivity contribution in [2.24, 2.45) is 11.3 Å². The maximum Gasteiger partial charge on any atom is 0.792 e. The van der Waals surface area contributed by atoms with Crippen LogP contribution in [-0.4, -0.2) is 13.0 Å². The summed E-state index contributed by atoms with van der Waals surface area (Å²) < 4.78 is 18.1. The Kier molecular flexibility index (Phi) is 9.16. The molecule has 164 valence electrons. The summed E-state index contributed by atoms with van der Waals surface area (Å²) in [6.07, 6.45) is 0. The van der Waals surface area contributed by atoms with Crippen LogP contribution in [0.5, 0.6) is 11.5 Å². The molecule has 0 saturated carbocycles. The molecule has 0 aliphatic heterocycles. The van der Waals surface area contributed by atoms with Crippen molar-refractivity contribution < 1.29 is 19.7 Å². The third-order valence-electron chi connectivity index (χ3n) is 5.72. The van der Waals surface area contributed by atoms with Gasteiger partial charge in [-0.1, -0.05) is 64.1 Å². The van der Waals surface area contributed by atoms with E-state index in [4.69, 9.17) is 14.0 Å². The van der Waals surface area contributed by atoms with Crippen LogP contribution in [0.25, 0.3) is 0 Å². The lowest BCUT2D eigenvalue weighted by Gasteiger charge is -2.41. The van der Waals surface area contributed by atoms with Crippen molar-refractivity contribution in [2.75, 3.05) is 0 Å². The molecule has 4 nitrogen and oxygen atoms in total. The topological polar surface area (TPSA) is 55.3 Å². The van der Waals surface area contributed by atoms with E-state index in [2.05, 4.69) is 39.5 Å². The molecule has 3 aromatic carbocycles. The minimum atomic E-state index is -0.898. The minimum absolute atomic E-state index is 0.175. The normalized spacial score (nSPS) is 12.9. The van der Waals surface area contributed by atoms with Crippen molar-refractivity contribution in [3.05, 3.63) is 97.1 Å². The van der Waals surface area contributed by atoms with E-state index in [1.165, 1.54) is 0 Å². The number of benzene rings is 3. The van der Waals surface area contributed by atoms with Gasteiger partial charge in [-0.25, -0.2) is 0 Å². The summed E-state index contributed by atoms with van der Waals surface area (Å²) in [4.78, 5) is 0. The lowest BCUT2D eigenvalue weighted by molar-refractivity contribution is -0.566. The molecular formula is C26H34BNO3. The Morgan fingerprint density at radius 2 is 1.16 bits per heavy atom. The first kappa shape index (κ1) is 24.5. The van der Waals surface area contributed by atoms with Crippen LogP contribution in [0.4, 0.5) is 0 Å². The van der Waals surface area contributed by atoms with Crippen LogP contribution in [0, 0.1) is 17.4 Å². The SMILES string of the molecule is CC(C)C(C)(C)C(C)([NH3+])OB(Oc1ccccc1)Oc1ccccc1.[c-]1ccccc1. The van der Waals surface area contributed by atoms with Crippen LogP contribution in [0.15, 0.2) is 91.0 Å². The molecule has 3 rings (SSSR count). The Bertz CT molecular complexity index is 787. The molecular weight excluding hydrogens is 385 g/mol. The van der Waals surface area contributed by atoms with Gasteiger partial charge >= 0.3 is 7.32 Å². The first-order valence-corrected chi connectivity index (χ1v) is 10.6. The van der Waals surface area contributed by atoms with Gasteiger partial charge in [-0.05, 0) is 30.2 Å². The second-order valence-electron chi connectivity index (χ2n) is 8.45. The van der Waals surface area contributed by atoms with E-state index < -0.39 is 13.0 Å². The van der Waals surface area contributed by atoms with Crippen LogP contribution in [-0.2, 0) is 4.65 Å². The quantitative estimate of drug-likeness (QED) is 0.307. The highest BCUT2D eigenvalue weighted by Gasteiger charge is 2.50. The van der Waals surface area contributed by atoms with E-state index >= 15 is 0 Å². The van der Waals surface area contributed by atoms with Gasteiger partial charge in [0.1, 0.15) is 11.5 Å². The molecule has 0 bridgehead atoms. The monoisotopic (exact) mass is 419 g/mol. The van der Waals surface area contributed by atoms with Crippen LogP contribution in [0.3, 0.4) is 0 Å². The van der Waals surface area contributed by atoms with E-state index in [1.54, 1.807) is 0 Å². The van der Waals surface area contributed by atoms with Gasteiger partial charge in [0.2, 0.25) is 0 Å². The average Bonchev–Trinajstić information content (AvgIpc) is 2.76. The highest BCUT2D eigenvalue weighted by atomic mass is 16.7. The standard InChI is InChI=1S/C20H28BNO3.C6H5/c1-16(2)19(3,4)20(5,22)25-21(23-17-12-8-6-9-13-17)24-18-14-10-7-11-15-18;1-2-4-6-5-3-1/h6-16H,22H2,1-5H3;1-5H/q;-1/p+1. The molecule has 3 aromatic rings. The fourth-order valence-electron chi connectivity index (χ4n) is 2.61. The molecule has 0 saturated heterocycles. The third-order valence-corrected chi connectivity index (χ3v) is 5.72. The summed E-state index contributed by atoms with van der Waals surface area (Å²) in [5.74, 6) is 1.74. The van der Waals surface area contributed by atoms with E-state index in [-0.39, 0.29) is 5.41 Å². The summed E-state index contributed by atoms with van der Waals surface area (Å²) in [7, 11) is -0.898. The molecule has 0 aliphatic carbocycles. The van der Waals surface area contributed by atoms with E-state index in [0.717, 1.165) is 0 Å². The molecule has 0 aromatic heterocycles.